The van der Waals surface area contributed by atoms with E-state index in [1.807, 2.05) is 19.9 Å². The Labute approximate surface area is 135 Å². The number of hydrogen-bond acceptors (Lipinski definition) is 5. The lowest BCUT2D eigenvalue weighted by molar-refractivity contribution is -0.135. The highest BCUT2D eigenvalue weighted by atomic mass is 32.2. The fourth-order valence-electron chi connectivity index (χ4n) is 0.710. The van der Waals surface area contributed by atoms with Gasteiger partial charge in [-0.15, -0.1) is 0 Å². The van der Waals surface area contributed by atoms with Gasteiger partial charge in [0, 0.05) is 20.3 Å². The smallest absolute Gasteiger partial charge is 0.300 e. The van der Waals surface area contributed by atoms with Gasteiger partial charge in [-0.3, -0.25) is 14.1 Å². The molecular formula is C14H21NO7S. The minimum absolute atomic E-state index is 0.0666. The standard InChI is InChI=1S/C7H8O3S.C3H5N.2C2H4O2/c1-6-2-4-7(5-3-6)11(8,9)10;1-2-3-4;2*1-2(3)4/h2-5H,1H3,(H,8,9,10);2H2,1H3;2*1H3,(H,3,4). The zero-order chi connectivity index (χ0) is 19.1. The number of nitriles is 1. The molecule has 1 aromatic carbocycles. The van der Waals surface area contributed by atoms with E-state index in [4.69, 9.17) is 29.6 Å². The Morgan fingerprint density at radius 2 is 1.35 bits per heavy atom. The summed E-state index contributed by atoms with van der Waals surface area (Å²) in [6.45, 7) is 5.83. The van der Waals surface area contributed by atoms with Crippen molar-refractivity contribution in [2.24, 2.45) is 0 Å². The van der Waals surface area contributed by atoms with E-state index in [2.05, 4.69) is 0 Å². The van der Waals surface area contributed by atoms with Gasteiger partial charge in [0.05, 0.1) is 11.0 Å². The summed E-state index contributed by atoms with van der Waals surface area (Å²) in [5.41, 5.74) is 0.956. The van der Waals surface area contributed by atoms with Gasteiger partial charge in [-0.1, -0.05) is 24.6 Å². The van der Waals surface area contributed by atoms with Gasteiger partial charge in [0.1, 0.15) is 0 Å². The highest BCUT2D eigenvalue weighted by molar-refractivity contribution is 7.85. The molecule has 0 bridgehead atoms. The van der Waals surface area contributed by atoms with Crippen LogP contribution >= 0.6 is 0 Å². The second kappa shape index (κ2) is 14.5. The maximum absolute atomic E-state index is 10.5. The first kappa shape index (κ1) is 25.5. The van der Waals surface area contributed by atoms with Crippen LogP contribution in [0, 0.1) is 18.3 Å². The Morgan fingerprint density at radius 3 is 1.52 bits per heavy atom. The van der Waals surface area contributed by atoms with Crippen molar-refractivity contribution in [3.05, 3.63) is 29.8 Å². The molecule has 1 aromatic rings. The minimum atomic E-state index is -4.02. The predicted molar refractivity (Wildman–Crippen MR) is 83.5 cm³/mol. The third-order valence-corrected chi connectivity index (χ3v) is 2.34. The van der Waals surface area contributed by atoms with Gasteiger partial charge in [-0.05, 0) is 19.1 Å². The number of carbonyl (C=O) groups is 2. The average Bonchev–Trinajstić information content (AvgIpc) is 2.37. The topological polar surface area (TPSA) is 153 Å². The summed E-state index contributed by atoms with van der Waals surface area (Å²) in [5, 5.41) is 22.5. The number of aliphatic carboxylic acids is 2. The van der Waals surface area contributed by atoms with E-state index in [0.717, 1.165) is 19.4 Å². The van der Waals surface area contributed by atoms with Crippen LogP contribution < -0.4 is 0 Å². The molecular weight excluding hydrogens is 326 g/mol. The predicted octanol–water partition coefficient (Wildman–Crippen LogP) is 2.34. The molecule has 9 heteroatoms. The first-order valence-electron chi connectivity index (χ1n) is 6.18. The second-order valence-corrected chi connectivity index (χ2v) is 5.26. The van der Waals surface area contributed by atoms with Crippen molar-refractivity contribution in [1.29, 1.82) is 5.26 Å². The lowest BCUT2D eigenvalue weighted by atomic mass is 10.2. The summed E-state index contributed by atoms with van der Waals surface area (Å²) in [4.78, 5) is 17.9. The van der Waals surface area contributed by atoms with Gasteiger partial charge in [-0.25, -0.2) is 0 Å². The van der Waals surface area contributed by atoms with Crippen LogP contribution in [-0.4, -0.2) is 35.1 Å². The molecule has 0 aliphatic carbocycles. The third kappa shape index (κ3) is 28.5. The van der Waals surface area contributed by atoms with Crippen LogP contribution in [0.4, 0.5) is 0 Å². The zero-order valence-electron chi connectivity index (χ0n) is 13.3. The van der Waals surface area contributed by atoms with Crippen molar-refractivity contribution in [2.45, 2.75) is 39.0 Å². The molecule has 0 aliphatic heterocycles. The molecule has 1 rings (SSSR count). The van der Waals surface area contributed by atoms with Crippen LogP contribution in [0.15, 0.2) is 29.2 Å². The van der Waals surface area contributed by atoms with E-state index in [9.17, 15) is 8.42 Å². The molecule has 0 amide bonds. The number of aryl methyl sites for hydroxylation is 1. The molecule has 0 unspecified atom stereocenters. The van der Waals surface area contributed by atoms with Gasteiger partial charge in [0.15, 0.2) is 0 Å². The SMILES string of the molecule is CC(=O)O.CC(=O)O.CCC#N.Cc1ccc(S(=O)(=O)O)cc1. The number of nitrogens with zero attached hydrogens (tertiary/aromatic N) is 1. The van der Waals surface area contributed by atoms with Gasteiger partial charge >= 0.3 is 0 Å². The minimum Gasteiger partial charge on any atom is -0.481 e. The summed E-state index contributed by atoms with van der Waals surface area (Å²) < 4.78 is 29.6. The quantitative estimate of drug-likeness (QED) is 0.654. The lowest BCUT2D eigenvalue weighted by Gasteiger charge is -1.95. The average molecular weight is 347 g/mol. The molecule has 23 heavy (non-hydrogen) atoms. The van der Waals surface area contributed by atoms with E-state index in [1.165, 1.54) is 12.1 Å². The molecule has 0 radical (unpaired) electrons. The molecule has 3 N–H and O–H groups in total. The fraction of sp³-hybridized carbons (Fsp3) is 0.357. The van der Waals surface area contributed by atoms with Crippen molar-refractivity contribution in [3.8, 4) is 6.07 Å². The Balaban J connectivity index is -0.000000278. The molecule has 0 aliphatic rings. The van der Waals surface area contributed by atoms with Crippen molar-refractivity contribution >= 4 is 22.1 Å². The first-order chi connectivity index (χ1) is 10.4. The highest BCUT2D eigenvalue weighted by Gasteiger charge is 2.06. The largest absolute Gasteiger partial charge is 0.481 e. The molecule has 0 fully saturated rings. The van der Waals surface area contributed by atoms with E-state index >= 15 is 0 Å². The van der Waals surface area contributed by atoms with Crippen molar-refractivity contribution in [1.82, 2.24) is 0 Å². The van der Waals surface area contributed by atoms with Crippen molar-refractivity contribution in [3.63, 3.8) is 0 Å². The van der Waals surface area contributed by atoms with Gasteiger partial charge in [-0.2, -0.15) is 13.7 Å². The van der Waals surface area contributed by atoms with E-state index in [0.29, 0.717) is 6.42 Å². The summed E-state index contributed by atoms with van der Waals surface area (Å²) in [6, 6.07) is 7.92. The van der Waals surface area contributed by atoms with Crippen LogP contribution in [0.5, 0.6) is 0 Å². The van der Waals surface area contributed by atoms with Crippen molar-refractivity contribution in [2.75, 3.05) is 0 Å². The van der Waals surface area contributed by atoms with Crippen LogP contribution in [0.3, 0.4) is 0 Å². The number of benzene rings is 1. The van der Waals surface area contributed by atoms with Crippen LogP contribution in [0.1, 0.15) is 32.8 Å². The van der Waals surface area contributed by atoms with Crippen LogP contribution in [0.2, 0.25) is 0 Å². The Bertz CT molecular complexity index is 581. The number of hydrogen-bond donors (Lipinski definition) is 3. The number of carboxylic acids is 2. The van der Waals surface area contributed by atoms with Gasteiger partial charge < -0.3 is 10.2 Å². The fourth-order valence-corrected chi connectivity index (χ4v) is 1.19. The molecule has 8 nitrogen and oxygen atoms in total. The van der Waals surface area contributed by atoms with E-state index in [-0.39, 0.29) is 4.90 Å². The summed E-state index contributed by atoms with van der Waals surface area (Å²) in [6.07, 6.45) is 0.625. The molecule has 0 spiro atoms. The summed E-state index contributed by atoms with van der Waals surface area (Å²) >= 11 is 0. The van der Waals surface area contributed by atoms with Gasteiger partial charge in [0.25, 0.3) is 22.1 Å². The summed E-state index contributed by atoms with van der Waals surface area (Å²) in [7, 11) is -4.02. The van der Waals surface area contributed by atoms with Crippen LogP contribution in [-0.2, 0) is 19.7 Å². The summed E-state index contributed by atoms with van der Waals surface area (Å²) in [5.74, 6) is -1.67. The van der Waals surface area contributed by atoms with Crippen LogP contribution in [0.25, 0.3) is 0 Å². The Hall–Kier alpha value is -2.44. The second-order valence-electron chi connectivity index (χ2n) is 3.84. The molecule has 0 saturated carbocycles. The molecule has 0 saturated heterocycles. The molecule has 0 aromatic heterocycles. The molecule has 130 valence electrons. The van der Waals surface area contributed by atoms with Gasteiger partial charge in [0.2, 0.25) is 0 Å². The van der Waals surface area contributed by atoms with Crippen molar-refractivity contribution < 1.29 is 32.8 Å². The zero-order valence-corrected chi connectivity index (χ0v) is 14.2. The molecule has 0 atom stereocenters. The highest BCUT2D eigenvalue weighted by Crippen LogP contribution is 2.08. The van der Waals surface area contributed by atoms with E-state index in [1.54, 1.807) is 12.1 Å². The number of rotatable bonds is 1. The third-order valence-electron chi connectivity index (χ3n) is 1.48. The number of carboxylic acid groups (broad SMARTS) is 2. The lowest BCUT2D eigenvalue weighted by Crippen LogP contribution is -1.96. The maximum atomic E-state index is 10.5. The maximum Gasteiger partial charge on any atom is 0.300 e. The Morgan fingerprint density at radius 1 is 1.09 bits per heavy atom. The first-order valence-corrected chi connectivity index (χ1v) is 7.62. The van der Waals surface area contributed by atoms with E-state index < -0.39 is 22.1 Å². The Kier molecular flexibility index (Phi) is 16.1. The molecule has 0 heterocycles. The monoisotopic (exact) mass is 347 g/mol. The normalized spacial score (nSPS) is 8.52.